The molecule has 0 spiro atoms. The fraction of sp³-hybridized carbons (Fsp3) is 0.194. The van der Waals surface area contributed by atoms with E-state index in [1.165, 1.54) is 19.1 Å². The first-order valence-electron chi connectivity index (χ1n) is 12.3. The van der Waals surface area contributed by atoms with Crippen LogP contribution in [0.5, 0.6) is 5.75 Å². The molecule has 1 unspecified atom stereocenters. The third kappa shape index (κ3) is 12.1. The van der Waals surface area contributed by atoms with Crippen molar-refractivity contribution in [2.24, 2.45) is 0 Å². The number of nitrogens with two attached hydrogens (primary N) is 1. The minimum Gasteiger partial charge on any atom is -0.497 e. The number of ether oxygens (including phenoxy) is 2. The standard InChI is InChI=1S/C14H13ClO.C10H13NO2.C7H6F3N/c1-16-13-9-7-12(8-10-13)14(15)11-5-3-2-4-6-11;1-9(12)13-8-7-11-10-5-3-2-4-6-10;8-7(9,10)5-2-1-3-6(11)4-5/h2-10,14H,1H3;2-6,11H,7-8H2,1H3;1-4H,11H2. The molecule has 4 rings (SSSR count). The minimum atomic E-state index is -4.30. The van der Waals surface area contributed by atoms with E-state index < -0.39 is 11.7 Å². The second-order valence-electron chi connectivity index (χ2n) is 8.30. The summed E-state index contributed by atoms with van der Waals surface area (Å²) in [4.78, 5) is 10.4. The number of rotatable bonds is 7. The molecule has 0 amide bonds. The van der Waals surface area contributed by atoms with E-state index in [-0.39, 0.29) is 17.0 Å². The first-order valence-corrected chi connectivity index (χ1v) is 12.7. The zero-order valence-corrected chi connectivity index (χ0v) is 23.0. The summed E-state index contributed by atoms with van der Waals surface area (Å²) in [5.41, 5.74) is 7.79. The minimum absolute atomic E-state index is 0.105. The van der Waals surface area contributed by atoms with E-state index in [0.717, 1.165) is 34.7 Å². The molecular formula is C31H32ClF3N2O3. The van der Waals surface area contributed by atoms with Crippen molar-refractivity contribution in [2.45, 2.75) is 18.5 Å². The molecule has 9 heteroatoms. The Hall–Kier alpha value is -4.17. The normalized spacial score (nSPS) is 11.1. The summed E-state index contributed by atoms with van der Waals surface area (Å²) in [7, 11) is 1.66. The quantitative estimate of drug-likeness (QED) is 0.102. The van der Waals surface area contributed by atoms with Crippen LogP contribution in [0.4, 0.5) is 24.5 Å². The van der Waals surface area contributed by atoms with Crippen LogP contribution in [0.1, 0.15) is 29.0 Å². The van der Waals surface area contributed by atoms with Gasteiger partial charge in [0.1, 0.15) is 12.4 Å². The van der Waals surface area contributed by atoms with Crippen LogP contribution in [0.3, 0.4) is 0 Å². The van der Waals surface area contributed by atoms with Gasteiger partial charge in [0.25, 0.3) is 0 Å². The van der Waals surface area contributed by atoms with Crippen molar-refractivity contribution in [3.05, 3.63) is 126 Å². The molecule has 0 heterocycles. The van der Waals surface area contributed by atoms with E-state index in [1.807, 2.05) is 84.9 Å². The van der Waals surface area contributed by atoms with Crippen molar-refractivity contribution in [3.63, 3.8) is 0 Å². The smallest absolute Gasteiger partial charge is 0.416 e. The van der Waals surface area contributed by atoms with Gasteiger partial charge in [0.05, 0.1) is 18.1 Å². The van der Waals surface area contributed by atoms with Gasteiger partial charge in [-0.05, 0) is 53.6 Å². The number of anilines is 2. The second kappa shape index (κ2) is 16.7. The van der Waals surface area contributed by atoms with E-state index in [9.17, 15) is 18.0 Å². The molecule has 40 heavy (non-hydrogen) atoms. The average Bonchev–Trinajstić information content (AvgIpc) is 2.96. The van der Waals surface area contributed by atoms with Gasteiger partial charge in [-0.15, -0.1) is 11.6 Å². The highest BCUT2D eigenvalue weighted by molar-refractivity contribution is 6.22. The zero-order chi connectivity index (χ0) is 29.4. The molecule has 0 radical (unpaired) electrons. The van der Waals surface area contributed by atoms with Crippen LogP contribution in [-0.2, 0) is 15.7 Å². The molecule has 0 bridgehead atoms. The number of alkyl halides is 4. The number of benzene rings is 4. The van der Waals surface area contributed by atoms with Crippen molar-refractivity contribution < 1.29 is 27.4 Å². The summed E-state index contributed by atoms with van der Waals surface area (Å²) in [6, 6.07) is 32.2. The zero-order valence-electron chi connectivity index (χ0n) is 22.2. The molecule has 4 aromatic carbocycles. The third-order valence-corrected chi connectivity index (χ3v) is 5.73. The molecule has 0 aliphatic rings. The van der Waals surface area contributed by atoms with Gasteiger partial charge >= 0.3 is 12.1 Å². The fourth-order valence-electron chi connectivity index (χ4n) is 3.25. The lowest BCUT2D eigenvalue weighted by molar-refractivity contribution is -0.140. The summed E-state index contributed by atoms with van der Waals surface area (Å²) in [6.45, 7) is 2.45. The van der Waals surface area contributed by atoms with Crippen LogP contribution in [0.25, 0.3) is 0 Å². The molecule has 4 aromatic rings. The van der Waals surface area contributed by atoms with Gasteiger partial charge < -0.3 is 20.5 Å². The van der Waals surface area contributed by atoms with E-state index in [0.29, 0.717) is 13.2 Å². The lowest BCUT2D eigenvalue weighted by Crippen LogP contribution is -2.11. The predicted octanol–water partition coefficient (Wildman–Crippen LogP) is 7.97. The topological polar surface area (TPSA) is 73.6 Å². The number of hydrogen-bond acceptors (Lipinski definition) is 5. The summed E-state index contributed by atoms with van der Waals surface area (Å²) >= 11 is 6.39. The summed E-state index contributed by atoms with van der Waals surface area (Å²) in [5.74, 6) is 0.607. The molecule has 0 fully saturated rings. The van der Waals surface area contributed by atoms with Crippen molar-refractivity contribution in [3.8, 4) is 5.75 Å². The Bertz CT molecular complexity index is 1270. The predicted molar refractivity (Wildman–Crippen MR) is 155 cm³/mol. The first kappa shape index (κ1) is 32.0. The molecule has 0 aromatic heterocycles. The number of esters is 1. The molecule has 0 saturated carbocycles. The number of methoxy groups -OCH3 is 1. The van der Waals surface area contributed by atoms with Crippen LogP contribution in [0.15, 0.2) is 109 Å². The van der Waals surface area contributed by atoms with Crippen molar-refractivity contribution in [1.82, 2.24) is 0 Å². The van der Waals surface area contributed by atoms with Gasteiger partial charge in [0.15, 0.2) is 0 Å². The number of nitrogen functional groups attached to an aromatic ring is 1. The number of nitrogens with one attached hydrogen (secondary N) is 1. The fourth-order valence-corrected chi connectivity index (χ4v) is 3.54. The first-order chi connectivity index (χ1) is 19.1. The summed E-state index contributed by atoms with van der Waals surface area (Å²) in [6.07, 6.45) is -4.30. The molecule has 3 N–H and O–H groups in total. The highest BCUT2D eigenvalue weighted by Gasteiger charge is 2.30. The maximum Gasteiger partial charge on any atom is 0.416 e. The molecule has 1 atom stereocenters. The average molecular weight is 573 g/mol. The van der Waals surface area contributed by atoms with Crippen LogP contribution in [0.2, 0.25) is 0 Å². The molecule has 212 valence electrons. The molecule has 0 aliphatic carbocycles. The summed E-state index contributed by atoms with van der Waals surface area (Å²) in [5, 5.41) is 3.02. The van der Waals surface area contributed by atoms with Crippen LogP contribution in [-0.4, -0.2) is 26.2 Å². The van der Waals surface area contributed by atoms with Crippen LogP contribution >= 0.6 is 11.6 Å². The van der Waals surface area contributed by atoms with Crippen molar-refractivity contribution in [2.75, 3.05) is 31.3 Å². The Kier molecular flexibility index (Phi) is 13.4. The molecular weight excluding hydrogens is 541 g/mol. The number of halogens is 4. The second-order valence-corrected chi connectivity index (χ2v) is 8.74. The Balaban J connectivity index is 0.000000214. The van der Waals surface area contributed by atoms with Gasteiger partial charge in [-0.25, -0.2) is 0 Å². The summed E-state index contributed by atoms with van der Waals surface area (Å²) < 4.78 is 45.6. The van der Waals surface area contributed by atoms with Gasteiger partial charge in [-0.3, -0.25) is 4.79 Å². The Morgan fingerprint density at radius 3 is 1.95 bits per heavy atom. The SMILES string of the molecule is CC(=O)OCCNc1ccccc1.COc1ccc(C(Cl)c2ccccc2)cc1.Nc1cccc(C(F)(F)F)c1. The number of para-hydroxylation sites is 1. The number of carbonyl (C=O) groups is 1. The largest absolute Gasteiger partial charge is 0.497 e. The highest BCUT2D eigenvalue weighted by Crippen LogP contribution is 2.30. The number of hydrogen-bond donors (Lipinski definition) is 2. The van der Waals surface area contributed by atoms with Gasteiger partial charge in [0.2, 0.25) is 0 Å². The van der Waals surface area contributed by atoms with Gasteiger partial charge in [-0.1, -0.05) is 66.7 Å². The van der Waals surface area contributed by atoms with E-state index in [1.54, 1.807) is 7.11 Å². The number of carbonyl (C=O) groups excluding carboxylic acids is 1. The van der Waals surface area contributed by atoms with Crippen LogP contribution < -0.4 is 15.8 Å². The van der Waals surface area contributed by atoms with Crippen LogP contribution in [0, 0.1) is 0 Å². The van der Waals surface area contributed by atoms with Crippen molar-refractivity contribution in [1.29, 1.82) is 0 Å². The Morgan fingerprint density at radius 1 is 0.875 bits per heavy atom. The maximum atomic E-state index is 11.9. The Morgan fingerprint density at radius 2 is 1.45 bits per heavy atom. The van der Waals surface area contributed by atoms with Gasteiger partial charge in [0, 0.05) is 24.8 Å². The lowest BCUT2D eigenvalue weighted by Gasteiger charge is -2.10. The lowest BCUT2D eigenvalue weighted by atomic mass is 10.0. The van der Waals surface area contributed by atoms with E-state index in [2.05, 4.69) is 5.32 Å². The Labute approximate surface area is 237 Å². The maximum absolute atomic E-state index is 11.9. The van der Waals surface area contributed by atoms with Gasteiger partial charge in [-0.2, -0.15) is 13.2 Å². The highest BCUT2D eigenvalue weighted by atomic mass is 35.5. The molecule has 5 nitrogen and oxygen atoms in total. The van der Waals surface area contributed by atoms with E-state index >= 15 is 0 Å². The van der Waals surface area contributed by atoms with E-state index in [4.69, 9.17) is 26.8 Å². The molecule has 0 saturated heterocycles. The molecule has 0 aliphatic heterocycles. The third-order valence-electron chi connectivity index (χ3n) is 5.22. The van der Waals surface area contributed by atoms with Crippen molar-refractivity contribution >= 4 is 28.9 Å². The monoisotopic (exact) mass is 572 g/mol.